The van der Waals surface area contributed by atoms with Crippen molar-refractivity contribution in [2.45, 2.75) is 57.7 Å². The summed E-state index contributed by atoms with van der Waals surface area (Å²) in [6.07, 6.45) is 1.96. The first-order valence-electron chi connectivity index (χ1n) is 11.8. The highest BCUT2D eigenvalue weighted by molar-refractivity contribution is 6.31. The molecule has 2 aromatic heterocycles. The van der Waals surface area contributed by atoms with Crippen LogP contribution >= 0.6 is 11.6 Å². The van der Waals surface area contributed by atoms with E-state index in [1.54, 1.807) is 0 Å². The van der Waals surface area contributed by atoms with E-state index in [2.05, 4.69) is 43.9 Å². The van der Waals surface area contributed by atoms with Gasteiger partial charge in [0.25, 0.3) is 0 Å². The van der Waals surface area contributed by atoms with Gasteiger partial charge >= 0.3 is 0 Å². The van der Waals surface area contributed by atoms with Crippen molar-refractivity contribution in [2.24, 2.45) is 0 Å². The van der Waals surface area contributed by atoms with Crippen LogP contribution in [0.5, 0.6) is 0 Å². The third-order valence-corrected chi connectivity index (χ3v) is 6.69. The lowest BCUT2D eigenvalue weighted by atomic mass is 9.89. The van der Waals surface area contributed by atoms with Gasteiger partial charge in [0.05, 0.1) is 29.6 Å². The number of aliphatic hydroxyl groups is 1. The summed E-state index contributed by atoms with van der Waals surface area (Å²) in [6.45, 7) is 6.86. The molecule has 1 saturated heterocycles. The van der Waals surface area contributed by atoms with Gasteiger partial charge in [0.15, 0.2) is 5.82 Å². The molecule has 0 radical (unpaired) electrons. The molecule has 2 aromatic carbocycles. The van der Waals surface area contributed by atoms with Crippen molar-refractivity contribution in [3.05, 3.63) is 76.7 Å². The summed E-state index contributed by atoms with van der Waals surface area (Å²) in [4.78, 5) is 11.7. The van der Waals surface area contributed by atoms with E-state index in [0.717, 1.165) is 36.4 Å². The second-order valence-corrected chi connectivity index (χ2v) is 10.1. The fourth-order valence-electron chi connectivity index (χ4n) is 4.76. The molecule has 1 fully saturated rings. The number of aromatic nitrogens is 4. The van der Waals surface area contributed by atoms with Gasteiger partial charge in [-0.3, -0.25) is 4.90 Å². The Morgan fingerprint density at radius 1 is 1.12 bits per heavy atom. The van der Waals surface area contributed by atoms with Gasteiger partial charge in [0.1, 0.15) is 5.82 Å². The minimum Gasteiger partial charge on any atom is -0.388 e. The number of nitrogens with zero attached hydrogens (tertiary/aromatic N) is 5. The molecule has 4 aromatic rings. The van der Waals surface area contributed by atoms with Crippen LogP contribution in [0.15, 0.2) is 53.1 Å². The average molecular weight is 480 g/mol. The van der Waals surface area contributed by atoms with E-state index in [1.807, 2.05) is 38.1 Å². The maximum absolute atomic E-state index is 11.4. The monoisotopic (exact) mass is 479 g/mol. The Bertz CT molecular complexity index is 1270. The maximum Gasteiger partial charge on any atom is 0.229 e. The van der Waals surface area contributed by atoms with Crippen LogP contribution in [0.2, 0.25) is 5.02 Å². The number of halogens is 1. The molecular weight excluding hydrogens is 450 g/mol. The molecule has 5 rings (SSSR count). The zero-order chi connectivity index (χ0) is 23.7. The number of hydrogen-bond donors (Lipinski definition) is 1. The van der Waals surface area contributed by atoms with Crippen LogP contribution in [0.1, 0.15) is 55.7 Å². The fourth-order valence-corrected chi connectivity index (χ4v) is 4.92. The Balaban J connectivity index is 1.38. The Labute approximate surface area is 204 Å². The molecule has 7 nitrogen and oxygen atoms in total. The lowest BCUT2D eigenvalue weighted by Gasteiger charge is -2.38. The van der Waals surface area contributed by atoms with E-state index in [-0.39, 0.29) is 5.92 Å². The third kappa shape index (κ3) is 5.02. The van der Waals surface area contributed by atoms with Crippen molar-refractivity contribution < 1.29 is 9.63 Å². The van der Waals surface area contributed by atoms with Crippen LogP contribution in [0.4, 0.5) is 0 Å². The molecule has 1 atom stereocenters. The van der Waals surface area contributed by atoms with Gasteiger partial charge in [-0.15, -0.1) is 0 Å². The summed E-state index contributed by atoms with van der Waals surface area (Å²) < 4.78 is 7.67. The van der Waals surface area contributed by atoms with Crippen molar-refractivity contribution in [1.29, 1.82) is 0 Å². The molecule has 3 heterocycles. The molecule has 0 aliphatic carbocycles. The normalized spacial score (nSPS) is 19.3. The molecular formula is C26H30ClN5O2. The smallest absolute Gasteiger partial charge is 0.229 e. The van der Waals surface area contributed by atoms with E-state index in [1.165, 1.54) is 5.56 Å². The molecule has 0 bridgehead atoms. The first-order chi connectivity index (χ1) is 16.4. The van der Waals surface area contributed by atoms with Gasteiger partial charge < -0.3 is 14.2 Å². The molecule has 0 amide bonds. The van der Waals surface area contributed by atoms with E-state index in [0.29, 0.717) is 42.7 Å². The standard InChI is InChI=1S/C26H30ClN5O2/c1-18(2)25-29-24(34-30-25)14-26(33)11-6-12-31(17-26)16-23-28-21-13-20(27)9-10-22(21)32(23)15-19-7-4-3-5-8-19/h3-5,7-10,13,18,33H,6,11-12,14-17H2,1-2H3. The predicted molar refractivity (Wildman–Crippen MR) is 132 cm³/mol. The molecule has 1 N–H and O–H groups in total. The Kier molecular flexibility index (Phi) is 6.42. The highest BCUT2D eigenvalue weighted by atomic mass is 35.5. The summed E-state index contributed by atoms with van der Waals surface area (Å²) in [5.74, 6) is 2.34. The van der Waals surface area contributed by atoms with Crippen molar-refractivity contribution in [3.63, 3.8) is 0 Å². The zero-order valence-electron chi connectivity index (χ0n) is 19.6. The Morgan fingerprint density at radius 3 is 2.71 bits per heavy atom. The number of fused-ring (bicyclic) bond motifs is 1. The first kappa shape index (κ1) is 23.0. The summed E-state index contributed by atoms with van der Waals surface area (Å²) in [7, 11) is 0. The highest BCUT2D eigenvalue weighted by Crippen LogP contribution is 2.28. The summed E-state index contributed by atoms with van der Waals surface area (Å²) >= 11 is 6.26. The Morgan fingerprint density at radius 2 is 1.94 bits per heavy atom. The molecule has 1 aliphatic heterocycles. The lowest BCUT2D eigenvalue weighted by Crippen LogP contribution is -2.49. The van der Waals surface area contributed by atoms with Crippen LogP contribution in [0.25, 0.3) is 11.0 Å². The van der Waals surface area contributed by atoms with E-state index < -0.39 is 5.60 Å². The number of β-amino-alcohol motifs (C(OH)–C–C–N with tert-alkyl or cyclic N) is 1. The van der Waals surface area contributed by atoms with Gasteiger partial charge in [0.2, 0.25) is 5.89 Å². The van der Waals surface area contributed by atoms with Crippen molar-refractivity contribution in [1.82, 2.24) is 24.6 Å². The molecule has 0 spiro atoms. The molecule has 1 aliphatic rings. The van der Waals surface area contributed by atoms with Crippen LogP contribution in [-0.2, 0) is 19.5 Å². The minimum absolute atomic E-state index is 0.195. The van der Waals surface area contributed by atoms with Gasteiger partial charge in [-0.2, -0.15) is 4.98 Å². The largest absolute Gasteiger partial charge is 0.388 e. The number of likely N-dealkylation sites (tertiary alicyclic amines) is 1. The first-order valence-corrected chi connectivity index (χ1v) is 12.2. The SMILES string of the molecule is CC(C)c1noc(CC2(O)CCCN(Cc3nc4cc(Cl)ccc4n3Cc3ccccc3)C2)n1. The fraction of sp³-hybridized carbons (Fsp3) is 0.423. The van der Waals surface area contributed by atoms with Crippen LogP contribution < -0.4 is 0 Å². The van der Waals surface area contributed by atoms with E-state index in [9.17, 15) is 5.11 Å². The number of piperidine rings is 1. The summed E-state index contributed by atoms with van der Waals surface area (Å²) in [6, 6.07) is 16.2. The number of rotatable bonds is 7. The van der Waals surface area contributed by atoms with E-state index in [4.69, 9.17) is 21.1 Å². The topological polar surface area (TPSA) is 80.2 Å². The van der Waals surface area contributed by atoms with Gasteiger partial charge in [0, 0.05) is 24.0 Å². The number of hydrogen-bond acceptors (Lipinski definition) is 6. The van der Waals surface area contributed by atoms with Crippen LogP contribution in [0.3, 0.4) is 0 Å². The van der Waals surface area contributed by atoms with Crippen LogP contribution in [-0.4, -0.2) is 48.4 Å². The van der Waals surface area contributed by atoms with Crippen LogP contribution in [0, 0.1) is 0 Å². The molecule has 0 saturated carbocycles. The molecule has 178 valence electrons. The second-order valence-electron chi connectivity index (χ2n) is 9.65. The van der Waals surface area contributed by atoms with Gasteiger partial charge in [-0.1, -0.05) is 60.9 Å². The Hall–Kier alpha value is -2.74. The predicted octanol–water partition coefficient (Wildman–Crippen LogP) is 4.81. The molecule has 34 heavy (non-hydrogen) atoms. The number of benzene rings is 2. The maximum atomic E-state index is 11.4. The summed E-state index contributed by atoms with van der Waals surface area (Å²) in [5, 5.41) is 16.1. The molecule has 8 heteroatoms. The van der Waals surface area contributed by atoms with Gasteiger partial charge in [-0.25, -0.2) is 4.98 Å². The summed E-state index contributed by atoms with van der Waals surface area (Å²) in [5.41, 5.74) is 2.25. The van der Waals surface area contributed by atoms with Crippen molar-refractivity contribution >= 4 is 22.6 Å². The third-order valence-electron chi connectivity index (χ3n) is 6.45. The van der Waals surface area contributed by atoms with Gasteiger partial charge in [-0.05, 0) is 43.1 Å². The average Bonchev–Trinajstić information content (AvgIpc) is 3.39. The van der Waals surface area contributed by atoms with Crippen molar-refractivity contribution in [3.8, 4) is 0 Å². The number of imidazole rings is 1. The van der Waals surface area contributed by atoms with Crippen molar-refractivity contribution in [2.75, 3.05) is 13.1 Å². The molecule has 1 unspecified atom stereocenters. The lowest BCUT2D eigenvalue weighted by molar-refractivity contribution is -0.0381. The van der Waals surface area contributed by atoms with E-state index >= 15 is 0 Å². The second kappa shape index (κ2) is 9.49. The zero-order valence-corrected chi connectivity index (χ0v) is 20.4. The minimum atomic E-state index is -0.904. The quantitative estimate of drug-likeness (QED) is 0.409. The highest BCUT2D eigenvalue weighted by Gasteiger charge is 2.36.